The SMILES string of the molecule is Fc1ccc2cnc(Cc3c(F)ccc(F)c3F)n2c1. The lowest BCUT2D eigenvalue weighted by Crippen LogP contribution is -2.03. The summed E-state index contributed by atoms with van der Waals surface area (Å²) in [5, 5.41) is 0. The van der Waals surface area contributed by atoms with Crippen LogP contribution in [0.1, 0.15) is 11.4 Å². The van der Waals surface area contributed by atoms with Gasteiger partial charge in [0.05, 0.1) is 11.7 Å². The van der Waals surface area contributed by atoms with Crippen LogP contribution < -0.4 is 0 Å². The molecule has 1 aromatic carbocycles. The first-order valence-corrected chi connectivity index (χ1v) is 5.80. The number of benzene rings is 1. The first-order valence-electron chi connectivity index (χ1n) is 5.80. The Morgan fingerprint density at radius 1 is 0.950 bits per heavy atom. The van der Waals surface area contributed by atoms with Gasteiger partial charge in [0.25, 0.3) is 0 Å². The maximum atomic E-state index is 13.6. The molecular weight excluding hydrogens is 272 g/mol. The molecule has 0 saturated carbocycles. The van der Waals surface area contributed by atoms with Crippen molar-refractivity contribution in [3.8, 4) is 0 Å². The maximum absolute atomic E-state index is 13.6. The third kappa shape index (κ3) is 2.03. The molecule has 0 fully saturated rings. The molecule has 0 atom stereocenters. The van der Waals surface area contributed by atoms with E-state index >= 15 is 0 Å². The summed E-state index contributed by atoms with van der Waals surface area (Å²) < 4.78 is 54.9. The Kier molecular flexibility index (Phi) is 2.93. The van der Waals surface area contributed by atoms with Crippen LogP contribution >= 0.6 is 0 Å². The molecule has 0 aliphatic heterocycles. The lowest BCUT2D eigenvalue weighted by molar-refractivity contribution is 0.481. The Hall–Kier alpha value is -2.37. The van der Waals surface area contributed by atoms with Gasteiger partial charge in [0.2, 0.25) is 0 Å². The fraction of sp³-hybridized carbons (Fsp3) is 0.0714. The van der Waals surface area contributed by atoms with Crippen LogP contribution in [0.25, 0.3) is 5.52 Å². The van der Waals surface area contributed by atoms with Gasteiger partial charge >= 0.3 is 0 Å². The second kappa shape index (κ2) is 4.63. The Morgan fingerprint density at radius 3 is 2.50 bits per heavy atom. The largest absolute Gasteiger partial charge is 0.301 e. The number of imidazole rings is 1. The van der Waals surface area contributed by atoms with Crippen molar-refractivity contribution in [2.24, 2.45) is 0 Å². The Bertz CT molecular complexity index is 795. The highest BCUT2D eigenvalue weighted by Gasteiger charge is 2.16. The maximum Gasteiger partial charge on any atom is 0.165 e. The van der Waals surface area contributed by atoms with E-state index < -0.39 is 28.8 Å². The summed E-state index contributed by atoms with van der Waals surface area (Å²) in [4.78, 5) is 3.98. The number of halogens is 4. The molecular formula is C14H8F4N2. The smallest absolute Gasteiger partial charge is 0.165 e. The second-order valence-corrected chi connectivity index (χ2v) is 4.32. The van der Waals surface area contributed by atoms with Crippen LogP contribution in [-0.2, 0) is 6.42 Å². The molecule has 0 amide bonds. The topological polar surface area (TPSA) is 17.3 Å². The number of rotatable bonds is 2. The van der Waals surface area contributed by atoms with Crippen LogP contribution in [0.15, 0.2) is 36.7 Å². The average molecular weight is 280 g/mol. The van der Waals surface area contributed by atoms with Crippen molar-refractivity contribution >= 4 is 5.52 Å². The molecule has 0 aliphatic rings. The molecule has 20 heavy (non-hydrogen) atoms. The van der Waals surface area contributed by atoms with Crippen molar-refractivity contribution in [1.82, 2.24) is 9.38 Å². The number of fused-ring (bicyclic) bond motifs is 1. The van der Waals surface area contributed by atoms with Crippen molar-refractivity contribution in [2.75, 3.05) is 0 Å². The van der Waals surface area contributed by atoms with E-state index in [1.807, 2.05) is 0 Å². The van der Waals surface area contributed by atoms with E-state index in [0.29, 0.717) is 5.52 Å². The first kappa shape index (κ1) is 12.7. The van der Waals surface area contributed by atoms with Crippen molar-refractivity contribution in [3.63, 3.8) is 0 Å². The van der Waals surface area contributed by atoms with E-state index in [1.165, 1.54) is 22.7 Å². The fourth-order valence-corrected chi connectivity index (χ4v) is 2.04. The highest BCUT2D eigenvalue weighted by molar-refractivity contribution is 5.46. The number of hydrogen-bond acceptors (Lipinski definition) is 1. The monoisotopic (exact) mass is 280 g/mol. The zero-order valence-corrected chi connectivity index (χ0v) is 10.1. The lowest BCUT2D eigenvalue weighted by atomic mass is 10.1. The summed E-state index contributed by atoms with van der Waals surface area (Å²) in [6.07, 6.45) is 2.34. The molecule has 102 valence electrons. The third-order valence-electron chi connectivity index (χ3n) is 3.04. The number of hydrogen-bond donors (Lipinski definition) is 0. The standard InChI is InChI=1S/C14H8F4N2/c15-8-1-2-9-6-19-13(20(9)7-8)5-10-11(16)3-4-12(17)14(10)18/h1-4,6-7H,5H2. The van der Waals surface area contributed by atoms with Gasteiger partial charge < -0.3 is 4.40 Å². The molecule has 2 nitrogen and oxygen atoms in total. The molecule has 6 heteroatoms. The molecule has 2 aromatic heterocycles. The van der Waals surface area contributed by atoms with Crippen LogP contribution in [0.5, 0.6) is 0 Å². The van der Waals surface area contributed by atoms with Crippen LogP contribution in [0.3, 0.4) is 0 Å². The summed E-state index contributed by atoms with van der Waals surface area (Å²) in [5.41, 5.74) is 0.153. The van der Waals surface area contributed by atoms with E-state index in [9.17, 15) is 17.6 Å². The molecule has 0 N–H and O–H groups in total. The predicted molar refractivity (Wildman–Crippen MR) is 64.3 cm³/mol. The minimum Gasteiger partial charge on any atom is -0.301 e. The van der Waals surface area contributed by atoms with Gasteiger partial charge in [-0.25, -0.2) is 22.5 Å². The fourth-order valence-electron chi connectivity index (χ4n) is 2.04. The zero-order valence-electron chi connectivity index (χ0n) is 10.1. The van der Waals surface area contributed by atoms with Gasteiger partial charge in [-0.15, -0.1) is 0 Å². The molecule has 0 spiro atoms. The number of nitrogens with zero attached hydrogens (tertiary/aromatic N) is 2. The lowest BCUT2D eigenvalue weighted by Gasteiger charge is -2.05. The summed E-state index contributed by atoms with van der Waals surface area (Å²) in [5.74, 6) is -3.52. The Morgan fingerprint density at radius 2 is 1.70 bits per heavy atom. The first-order chi connectivity index (χ1) is 9.56. The minimum absolute atomic E-state index is 0.225. The van der Waals surface area contributed by atoms with Crippen LogP contribution in [0.4, 0.5) is 17.6 Å². The van der Waals surface area contributed by atoms with Gasteiger partial charge in [-0.1, -0.05) is 0 Å². The van der Waals surface area contributed by atoms with Gasteiger partial charge in [-0.05, 0) is 24.3 Å². The molecule has 0 unspecified atom stereocenters. The van der Waals surface area contributed by atoms with Gasteiger partial charge in [0, 0.05) is 18.2 Å². The van der Waals surface area contributed by atoms with Crippen LogP contribution in [-0.4, -0.2) is 9.38 Å². The van der Waals surface area contributed by atoms with Gasteiger partial charge in [0.15, 0.2) is 11.6 Å². The highest BCUT2D eigenvalue weighted by atomic mass is 19.2. The summed E-state index contributed by atoms with van der Waals surface area (Å²) >= 11 is 0. The van der Waals surface area contributed by atoms with Crippen LogP contribution in [0, 0.1) is 23.3 Å². The van der Waals surface area contributed by atoms with Crippen molar-refractivity contribution in [3.05, 3.63) is 71.3 Å². The molecule has 0 bridgehead atoms. The number of aromatic nitrogens is 2. The molecule has 2 heterocycles. The van der Waals surface area contributed by atoms with Crippen molar-refractivity contribution in [2.45, 2.75) is 6.42 Å². The van der Waals surface area contributed by atoms with E-state index in [4.69, 9.17) is 0 Å². The van der Waals surface area contributed by atoms with E-state index in [0.717, 1.165) is 18.3 Å². The Balaban J connectivity index is 2.10. The number of pyridine rings is 1. The van der Waals surface area contributed by atoms with Gasteiger partial charge in [-0.3, -0.25) is 0 Å². The molecule has 3 aromatic rings. The van der Waals surface area contributed by atoms with E-state index in [2.05, 4.69) is 4.98 Å². The summed E-state index contributed by atoms with van der Waals surface area (Å²) in [6.45, 7) is 0. The normalized spacial score (nSPS) is 11.2. The third-order valence-corrected chi connectivity index (χ3v) is 3.04. The average Bonchev–Trinajstić information content (AvgIpc) is 2.81. The minimum atomic E-state index is -1.25. The van der Waals surface area contributed by atoms with E-state index in [1.54, 1.807) is 0 Å². The van der Waals surface area contributed by atoms with Gasteiger partial charge in [-0.2, -0.15) is 0 Å². The van der Waals surface area contributed by atoms with Crippen molar-refractivity contribution in [1.29, 1.82) is 0 Å². The van der Waals surface area contributed by atoms with Gasteiger partial charge in [0.1, 0.15) is 17.5 Å². The molecule has 0 saturated heterocycles. The predicted octanol–water partition coefficient (Wildman–Crippen LogP) is 3.48. The molecule has 0 radical (unpaired) electrons. The molecule has 3 rings (SSSR count). The molecule has 0 aliphatic carbocycles. The quantitative estimate of drug-likeness (QED) is 0.519. The second-order valence-electron chi connectivity index (χ2n) is 4.32. The Labute approximate surface area is 111 Å². The van der Waals surface area contributed by atoms with E-state index in [-0.39, 0.29) is 12.2 Å². The van der Waals surface area contributed by atoms with Crippen LogP contribution in [0.2, 0.25) is 0 Å². The highest BCUT2D eigenvalue weighted by Crippen LogP contribution is 2.20. The summed E-state index contributed by atoms with van der Waals surface area (Å²) in [6, 6.07) is 4.32. The van der Waals surface area contributed by atoms with Crippen molar-refractivity contribution < 1.29 is 17.6 Å². The zero-order chi connectivity index (χ0) is 14.3. The summed E-state index contributed by atoms with van der Waals surface area (Å²) in [7, 11) is 0.